The summed E-state index contributed by atoms with van der Waals surface area (Å²) in [6, 6.07) is 5.90. The maximum atomic E-state index is 5.61. The molecule has 1 aromatic rings. The Hall–Kier alpha value is -1.52. The van der Waals surface area contributed by atoms with E-state index in [0.29, 0.717) is 13.2 Å². The van der Waals surface area contributed by atoms with Gasteiger partial charge in [-0.15, -0.1) is 0 Å². The van der Waals surface area contributed by atoms with Gasteiger partial charge >= 0.3 is 0 Å². The van der Waals surface area contributed by atoms with Crippen molar-refractivity contribution in [3.05, 3.63) is 35.9 Å². The zero-order valence-electron chi connectivity index (χ0n) is 10.3. The number of benzene rings is 1. The second-order valence-electron chi connectivity index (χ2n) is 4.55. The lowest BCUT2D eigenvalue weighted by Gasteiger charge is -2.22. The first-order valence-corrected chi connectivity index (χ1v) is 5.97. The van der Waals surface area contributed by atoms with Crippen LogP contribution in [0.3, 0.4) is 0 Å². The molecule has 1 fully saturated rings. The van der Waals surface area contributed by atoms with Crippen molar-refractivity contribution in [3.8, 4) is 11.5 Å². The first kappa shape index (κ1) is 11.6. The third-order valence-corrected chi connectivity index (χ3v) is 3.45. The molecule has 0 amide bonds. The highest BCUT2D eigenvalue weighted by Crippen LogP contribution is 2.39. The van der Waals surface area contributed by atoms with Crippen LogP contribution in [-0.2, 0) is 9.47 Å². The highest BCUT2D eigenvalue weighted by atomic mass is 16.7. The van der Waals surface area contributed by atoms with E-state index in [2.05, 4.69) is 6.58 Å². The SMILES string of the molecule is C=C1COC[C@@H]1[C@@H](OC)c1ccc2c(c1)OCO2. The Kier molecular flexibility index (Phi) is 2.97. The predicted octanol–water partition coefficient (Wildman–Crippen LogP) is 2.31. The average Bonchev–Trinajstić information content (AvgIpc) is 2.99. The number of hydrogen-bond donors (Lipinski definition) is 0. The van der Waals surface area contributed by atoms with Gasteiger partial charge in [-0.3, -0.25) is 0 Å². The molecule has 1 aromatic carbocycles. The average molecular weight is 248 g/mol. The fourth-order valence-electron chi connectivity index (χ4n) is 2.47. The largest absolute Gasteiger partial charge is 0.454 e. The quantitative estimate of drug-likeness (QED) is 0.769. The molecule has 0 aromatic heterocycles. The molecule has 0 spiro atoms. The molecule has 0 saturated carbocycles. The van der Waals surface area contributed by atoms with Crippen LogP contribution in [0.2, 0.25) is 0 Å². The second kappa shape index (κ2) is 4.63. The molecule has 18 heavy (non-hydrogen) atoms. The molecule has 0 unspecified atom stereocenters. The molecule has 96 valence electrons. The minimum absolute atomic E-state index is 0.0468. The summed E-state index contributed by atoms with van der Waals surface area (Å²) in [5, 5.41) is 0. The molecule has 0 bridgehead atoms. The maximum Gasteiger partial charge on any atom is 0.231 e. The number of methoxy groups -OCH3 is 1. The molecular weight excluding hydrogens is 232 g/mol. The standard InChI is InChI=1S/C14H16O4/c1-9-6-16-7-11(9)14(15-2)10-3-4-12-13(5-10)18-8-17-12/h3-5,11,14H,1,6-8H2,2H3/t11-,14-/m0/s1. The Morgan fingerprint density at radius 2 is 2.17 bits per heavy atom. The second-order valence-corrected chi connectivity index (χ2v) is 4.55. The van der Waals surface area contributed by atoms with Crippen LogP contribution >= 0.6 is 0 Å². The van der Waals surface area contributed by atoms with Gasteiger partial charge in [-0.25, -0.2) is 0 Å². The molecular formula is C14H16O4. The van der Waals surface area contributed by atoms with Crippen molar-refractivity contribution in [2.75, 3.05) is 27.1 Å². The van der Waals surface area contributed by atoms with Crippen molar-refractivity contribution >= 4 is 0 Å². The third kappa shape index (κ3) is 1.87. The molecule has 2 atom stereocenters. The maximum absolute atomic E-state index is 5.61. The molecule has 0 aliphatic carbocycles. The lowest BCUT2D eigenvalue weighted by atomic mass is 9.92. The predicted molar refractivity (Wildman–Crippen MR) is 65.8 cm³/mol. The van der Waals surface area contributed by atoms with E-state index in [4.69, 9.17) is 18.9 Å². The van der Waals surface area contributed by atoms with Gasteiger partial charge in [0.25, 0.3) is 0 Å². The van der Waals surface area contributed by atoms with E-state index in [1.165, 1.54) is 0 Å². The summed E-state index contributed by atoms with van der Waals surface area (Å²) in [7, 11) is 1.71. The van der Waals surface area contributed by atoms with Crippen molar-refractivity contribution in [2.24, 2.45) is 5.92 Å². The van der Waals surface area contributed by atoms with E-state index in [0.717, 1.165) is 22.6 Å². The number of rotatable bonds is 3. The van der Waals surface area contributed by atoms with Crippen molar-refractivity contribution < 1.29 is 18.9 Å². The molecule has 4 heteroatoms. The Labute approximate surface area is 106 Å². The van der Waals surface area contributed by atoms with E-state index in [1.807, 2.05) is 18.2 Å². The van der Waals surface area contributed by atoms with Gasteiger partial charge in [-0.05, 0) is 23.3 Å². The molecule has 2 heterocycles. The fourth-order valence-corrected chi connectivity index (χ4v) is 2.47. The minimum Gasteiger partial charge on any atom is -0.454 e. The van der Waals surface area contributed by atoms with Crippen molar-refractivity contribution in [1.29, 1.82) is 0 Å². The highest BCUT2D eigenvalue weighted by Gasteiger charge is 2.31. The lowest BCUT2D eigenvalue weighted by molar-refractivity contribution is 0.0507. The van der Waals surface area contributed by atoms with Gasteiger partial charge in [0.15, 0.2) is 11.5 Å². The summed E-state index contributed by atoms with van der Waals surface area (Å²) in [6.45, 7) is 5.61. The normalized spacial score (nSPS) is 23.4. The van der Waals surface area contributed by atoms with E-state index in [-0.39, 0.29) is 18.8 Å². The summed E-state index contributed by atoms with van der Waals surface area (Å²) >= 11 is 0. The summed E-state index contributed by atoms with van der Waals surface area (Å²) in [5.41, 5.74) is 2.15. The first-order chi connectivity index (χ1) is 8.79. The van der Waals surface area contributed by atoms with Crippen LogP contribution < -0.4 is 9.47 Å². The van der Waals surface area contributed by atoms with E-state index in [9.17, 15) is 0 Å². The topological polar surface area (TPSA) is 36.9 Å². The Morgan fingerprint density at radius 1 is 1.33 bits per heavy atom. The number of hydrogen-bond acceptors (Lipinski definition) is 4. The zero-order valence-corrected chi connectivity index (χ0v) is 10.3. The molecule has 2 aliphatic rings. The van der Waals surface area contributed by atoms with Crippen LogP contribution in [0.25, 0.3) is 0 Å². The summed E-state index contributed by atoms with van der Waals surface area (Å²) in [6.07, 6.45) is -0.0468. The van der Waals surface area contributed by atoms with E-state index < -0.39 is 0 Å². The molecule has 2 aliphatic heterocycles. The van der Waals surface area contributed by atoms with Crippen LogP contribution in [0.1, 0.15) is 11.7 Å². The summed E-state index contributed by atoms with van der Waals surface area (Å²) < 4.78 is 21.7. The molecule has 0 N–H and O–H groups in total. The minimum atomic E-state index is -0.0468. The highest BCUT2D eigenvalue weighted by molar-refractivity contribution is 5.45. The van der Waals surface area contributed by atoms with Gasteiger partial charge in [-0.1, -0.05) is 12.6 Å². The van der Waals surface area contributed by atoms with Crippen molar-refractivity contribution in [1.82, 2.24) is 0 Å². The van der Waals surface area contributed by atoms with Gasteiger partial charge in [0.05, 0.1) is 19.3 Å². The molecule has 4 nitrogen and oxygen atoms in total. The van der Waals surface area contributed by atoms with Gasteiger partial charge in [0.1, 0.15) is 0 Å². The zero-order chi connectivity index (χ0) is 12.5. The van der Waals surface area contributed by atoms with Crippen molar-refractivity contribution in [2.45, 2.75) is 6.10 Å². The van der Waals surface area contributed by atoms with Crippen LogP contribution in [-0.4, -0.2) is 27.1 Å². The van der Waals surface area contributed by atoms with Crippen molar-refractivity contribution in [3.63, 3.8) is 0 Å². The van der Waals surface area contributed by atoms with Crippen LogP contribution in [0.4, 0.5) is 0 Å². The van der Waals surface area contributed by atoms with Crippen LogP contribution in [0, 0.1) is 5.92 Å². The van der Waals surface area contributed by atoms with E-state index >= 15 is 0 Å². The monoisotopic (exact) mass is 248 g/mol. The Morgan fingerprint density at radius 3 is 2.89 bits per heavy atom. The lowest BCUT2D eigenvalue weighted by Crippen LogP contribution is -2.16. The van der Waals surface area contributed by atoms with Gasteiger partial charge in [-0.2, -0.15) is 0 Å². The first-order valence-electron chi connectivity index (χ1n) is 5.97. The molecule has 0 radical (unpaired) electrons. The molecule has 1 saturated heterocycles. The fraction of sp³-hybridized carbons (Fsp3) is 0.429. The van der Waals surface area contributed by atoms with Crippen LogP contribution in [0.15, 0.2) is 30.4 Å². The van der Waals surface area contributed by atoms with Crippen LogP contribution in [0.5, 0.6) is 11.5 Å². The van der Waals surface area contributed by atoms with Gasteiger partial charge in [0, 0.05) is 13.0 Å². The summed E-state index contributed by atoms with van der Waals surface area (Å²) in [5.74, 6) is 1.77. The van der Waals surface area contributed by atoms with E-state index in [1.54, 1.807) is 7.11 Å². The molecule has 3 rings (SSSR count). The Balaban J connectivity index is 1.89. The smallest absolute Gasteiger partial charge is 0.231 e. The third-order valence-electron chi connectivity index (χ3n) is 3.45. The number of ether oxygens (including phenoxy) is 4. The summed E-state index contributed by atoms with van der Waals surface area (Å²) in [4.78, 5) is 0. The van der Waals surface area contributed by atoms with Gasteiger partial charge < -0.3 is 18.9 Å². The van der Waals surface area contributed by atoms with Gasteiger partial charge in [0.2, 0.25) is 6.79 Å². The number of fused-ring (bicyclic) bond motifs is 1. The Bertz CT molecular complexity index is 469.